The molecule has 3 aromatic rings. The zero-order valence-corrected chi connectivity index (χ0v) is 15.1. The van der Waals surface area contributed by atoms with Gasteiger partial charge in [0, 0.05) is 16.1 Å². The zero-order valence-electron chi connectivity index (χ0n) is 14.4. The molecule has 1 N–H and O–H groups in total. The lowest BCUT2D eigenvalue weighted by Crippen LogP contribution is -1.98. The Bertz CT molecular complexity index is 1140. The van der Waals surface area contributed by atoms with Crippen LogP contribution in [0.25, 0.3) is 23.2 Å². The van der Waals surface area contributed by atoms with Gasteiger partial charge >= 0.3 is 11.9 Å². The fourth-order valence-corrected chi connectivity index (χ4v) is 2.98. The molecule has 0 aliphatic carbocycles. The van der Waals surface area contributed by atoms with Gasteiger partial charge in [-0.3, -0.25) is 0 Å². The van der Waals surface area contributed by atoms with Crippen LogP contribution in [0.5, 0.6) is 0 Å². The molecule has 5 nitrogen and oxygen atoms in total. The van der Waals surface area contributed by atoms with Crippen LogP contribution in [0.15, 0.2) is 76.7 Å². The Morgan fingerprint density at radius 3 is 2.50 bits per heavy atom. The number of rotatable bonds is 4. The van der Waals surface area contributed by atoms with E-state index in [0.717, 1.165) is 5.56 Å². The van der Waals surface area contributed by atoms with E-state index in [1.54, 1.807) is 66.7 Å². The summed E-state index contributed by atoms with van der Waals surface area (Å²) in [6.07, 6.45) is 3.18. The van der Waals surface area contributed by atoms with Crippen molar-refractivity contribution in [2.45, 2.75) is 0 Å². The van der Waals surface area contributed by atoms with Crippen LogP contribution in [0.1, 0.15) is 21.7 Å². The first-order valence-corrected chi connectivity index (χ1v) is 8.73. The Balaban J connectivity index is 1.65. The first-order valence-electron chi connectivity index (χ1n) is 8.35. The molecule has 0 saturated heterocycles. The third-order valence-electron chi connectivity index (χ3n) is 4.20. The molecule has 138 valence electrons. The number of carbonyl (C=O) groups is 2. The quantitative estimate of drug-likeness (QED) is 0.483. The second-order valence-electron chi connectivity index (χ2n) is 6.06. The summed E-state index contributed by atoms with van der Waals surface area (Å²) in [5.74, 6) is -0.291. The Morgan fingerprint density at radius 2 is 1.75 bits per heavy atom. The smallest absolute Gasteiger partial charge is 0.343 e. The van der Waals surface area contributed by atoms with E-state index < -0.39 is 11.9 Å². The van der Waals surface area contributed by atoms with E-state index in [-0.39, 0.29) is 5.56 Å². The van der Waals surface area contributed by atoms with Crippen LogP contribution in [0.2, 0.25) is 5.02 Å². The molecule has 0 saturated carbocycles. The second kappa shape index (κ2) is 7.21. The Labute approximate surface area is 165 Å². The largest absolute Gasteiger partial charge is 0.478 e. The minimum absolute atomic E-state index is 0.140. The van der Waals surface area contributed by atoms with Crippen LogP contribution in [0, 0.1) is 0 Å². The molecule has 0 atom stereocenters. The lowest BCUT2D eigenvalue weighted by Gasteiger charge is -2.02. The van der Waals surface area contributed by atoms with Crippen molar-refractivity contribution in [3.8, 4) is 11.3 Å². The summed E-state index contributed by atoms with van der Waals surface area (Å²) in [7, 11) is 0. The standard InChI is InChI=1S/C22H13ClO5/c23-15-7-5-13(6-8-15)20-12-14(22(26)28-20)11-16-9-10-19(27-16)17-3-1-2-4-18(17)21(24)25/h1-12H,(H,24,25). The molecule has 0 amide bonds. The second-order valence-corrected chi connectivity index (χ2v) is 6.49. The van der Waals surface area contributed by atoms with E-state index in [9.17, 15) is 14.7 Å². The van der Waals surface area contributed by atoms with Gasteiger partial charge in [-0.15, -0.1) is 0 Å². The number of benzene rings is 2. The van der Waals surface area contributed by atoms with E-state index in [0.29, 0.717) is 33.4 Å². The molecular weight excluding hydrogens is 380 g/mol. The van der Waals surface area contributed by atoms with Crippen LogP contribution in [0.3, 0.4) is 0 Å². The molecule has 4 rings (SSSR count). The van der Waals surface area contributed by atoms with Gasteiger partial charge in [-0.25, -0.2) is 9.59 Å². The number of cyclic esters (lactones) is 1. The number of furan rings is 1. The average Bonchev–Trinajstić information content (AvgIpc) is 3.30. The van der Waals surface area contributed by atoms with E-state index in [2.05, 4.69) is 0 Å². The summed E-state index contributed by atoms with van der Waals surface area (Å²) in [5.41, 5.74) is 1.67. The van der Waals surface area contributed by atoms with Crippen molar-refractivity contribution in [3.63, 3.8) is 0 Å². The summed E-state index contributed by atoms with van der Waals surface area (Å²) in [6.45, 7) is 0. The number of ether oxygens (including phenoxy) is 1. The van der Waals surface area contributed by atoms with Gasteiger partial charge in [0.15, 0.2) is 0 Å². The van der Waals surface area contributed by atoms with Crippen LogP contribution >= 0.6 is 11.6 Å². The molecule has 1 aromatic heterocycles. The van der Waals surface area contributed by atoms with Gasteiger partial charge in [-0.05, 0) is 54.6 Å². The van der Waals surface area contributed by atoms with E-state index in [4.69, 9.17) is 20.8 Å². The number of halogens is 1. The summed E-state index contributed by atoms with van der Waals surface area (Å²) < 4.78 is 11.0. The van der Waals surface area contributed by atoms with E-state index in [1.165, 1.54) is 6.07 Å². The topological polar surface area (TPSA) is 76.7 Å². The van der Waals surface area contributed by atoms with Crippen molar-refractivity contribution < 1.29 is 23.8 Å². The molecular formula is C22H13ClO5. The SMILES string of the molecule is O=C1OC(c2ccc(Cl)cc2)=CC1=Cc1ccc(-c2ccccc2C(=O)O)o1. The number of carbonyl (C=O) groups excluding carboxylic acids is 1. The third-order valence-corrected chi connectivity index (χ3v) is 4.45. The van der Waals surface area contributed by atoms with E-state index in [1.807, 2.05) is 0 Å². The highest BCUT2D eigenvalue weighted by atomic mass is 35.5. The van der Waals surface area contributed by atoms with Gasteiger partial charge in [0.25, 0.3) is 0 Å². The van der Waals surface area contributed by atoms with Gasteiger partial charge in [0.1, 0.15) is 17.3 Å². The number of hydrogen-bond acceptors (Lipinski definition) is 4. The first-order chi connectivity index (χ1) is 13.5. The number of esters is 1. The van der Waals surface area contributed by atoms with E-state index >= 15 is 0 Å². The molecule has 0 bridgehead atoms. The fraction of sp³-hybridized carbons (Fsp3) is 0. The lowest BCUT2D eigenvalue weighted by molar-refractivity contribution is -0.130. The lowest BCUT2D eigenvalue weighted by atomic mass is 10.1. The molecule has 28 heavy (non-hydrogen) atoms. The molecule has 2 aromatic carbocycles. The van der Waals surface area contributed by atoms with Crippen molar-refractivity contribution in [2.75, 3.05) is 0 Å². The number of hydrogen-bond donors (Lipinski definition) is 1. The minimum atomic E-state index is -1.04. The third kappa shape index (κ3) is 3.48. The predicted molar refractivity (Wildman–Crippen MR) is 105 cm³/mol. The fourth-order valence-electron chi connectivity index (χ4n) is 2.86. The highest BCUT2D eigenvalue weighted by molar-refractivity contribution is 6.30. The Morgan fingerprint density at radius 1 is 1.00 bits per heavy atom. The predicted octanol–water partition coefficient (Wildman–Crippen LogP) is 5.28. The molecule has 0 spiro atoms. The van der Waals surface area contributed by atoms with Gasteiger partial charge in [-0.2, -0.15) is 0 Å². The highest BCUT2D eigenvalue weighted by Gasteiger charge is 2.22. The summed E-state index contributed by atoms with van der Waals surface area (Å²) in [5, 5.41) is 9.91. The molecule has 0 unspecified atom stereocenters. The Hall–Kier alpha value is -3.57. The molecule has 6 heteroatoms. The van der Waals surface area contributed by atoms with Crippen LogP contribution < -0.4 is 0 Å². The van der Waals surface area contributed by atoms with Crippen molar-refractivity contribution in [3.05, 3.63) is 94.2 Å². The van der Waals surface area contributed by atoms with Crippen LogP contribution in [-0.4, -0.2) is 17.0 Å². The maximum Gasteiger partial charge on any atom is 0.343 e. The Kier molecular flexibility index (Phi) is 4.59. The van der Waals surface area contributed by atoms with Gasteiger partial charge < -0.3 is 14.3 Å². The molecule has 0 radical (unpaired) electrons. The zero-order chi connectivity index (χ0) is 19.7. The van der Waals surface area contributed by atoms with Gasteiger partial charge in [0.05, 0.1) is 11.1 Å². The number of carboxylic acids is 1. The normalized spacial score (nSPS) is 14.8. The van der Waals surface area contributed by atoms with Crippen molar-refractivity contribution >= 4 is 35.4 Å². The van der Waals surface area contributed by atoms with Crippen LogP contribution in [0.4, 0.5) is 0 Å². The number of aromatic carboxylic acids is 1. The van der Waals surface area contributed by atoms with Gasteiger partial charge in [0.2, 0.25) is 0 Å². The van der Waals surface area contributed by atoms with Crippen molar-refractivity contribution in [1.29, 1.82) is 0 Å². The highest BCUT2D eigenvalue weighted by Crippen LogP contribution is 2.30. The maximum absolute atomic E-state index is 12.2. The molecule has 1 aliphatic rings. The minimum Gasteiger partial charge on any atom is -0.478 e. The molecule has 1 aliphatic heterocycles. The van der Waals surface area contributed by atoms with Crippen molar-refractivity contribution in [1.82, 2.24) is 0 Å². The first kappa shape index (κ1) is 17.8. The molecule has 2 heterocycles. The summed E-state index contributed by atoms with van der Waals surface area (Å²) in [4.78, 5) is 23.5. The average molecular weight is 393 g/mol. The molecule has 0 fully saturated rings. The van der Waals surface area contributed by atoms with Crippen LogP contribution in [-0.2, 0) is 9.53 Å². The summed E-state index contributed by atoms with van der Waals surface area (Å²) in [6, 6.07) is 16.8. The van der Waals surface area contributed by atoms with Crippen molar-refractivity contribution in [2.24, 2.45) is 0 Å². The maximum atomic E-state index is 12.2. The summed E-state index contributed by atoms with van der Waals surface area (Å²) >= 11 is 5.88. The number of carboxylic acid groups (broad SMARTS) is 1. The van der Waals surface area contributed by atoms with Gasteiger partial charge in [-0.1, -0.05) is 29.8 Å². The monoisotopic (exact) mass is 392 g/mol.